The van der Waals surface area contributed by atoms with Crippen molar-refractivity contribution < 1.29 is 4.39 Å². The van der Waals surface area contributed by atoms with E-state index in [1.165, 1.54) is 25.9 Å². The summed E-state index contributed by atoms with van der Waals surface area (Å²) in [7, 11) is 0. The van der Waals surface area contributed by atoms with Crippen molar-refractivity contribution in [3.8, 4) is 33.9 Å². The normalized spacial score (nSPS) is 13.6. The predicted molar refractivity (Wildman–Crippen MR) is 177 cm³/mol. The van der Waals surface area contributed by atoms with Crippen LogP contribution >= 0.6 is 0 Å². The first-order valence-electron chi connectivity index (χ1n) is 15.6. The van der Waals surface area contributed by atoms with Crippen LogP contribution in [-0.2, 0) is 6.42 Å². The highest BCUT2D eigenvalue weighted by Crippen LogP contribution is 2.33. The van der Waals surface area contributed by atoms with Gasteiger partial charge in [0.1, 0.15) is 11.5 Å². The number of nitrogens with zero attached hydrogens (tertiary/aromatic N) is 6. The molecule has 5 aromatic heterocycles. The van der Waals surface area contributed by atoms with E-state index in [4.69, 9.17) is 4.98 Å². The van der Waals surface area contributed by atoms with Crippen LogP contribution in [0, 0.1) is 5.82 Å². The van der Waals surface area contributed by atoms with Crippen LogP contribution < -0.4 is 5.32 Å². The van der Waals surface area contributed by atoms with Gasteiger partial charge in [-0.1, -0.05) is 26.0 Å². The Kier molecular flexibility index (Phi) is 8.04. The summed E-state index contributed by atoms with van der Waals surface area (Å²) >= 11 is 0. The van der Waals surface area contributed by atoms with E-state index in [2.05, 4.69) is 59.9 Å². The minimum Gasteiger partial charge on any atom is -0.358 e. The number of fused-ring (bicyclic) bond motifs is 2. The van der Waals surface area contributed by atoms with E-state index in [1.807, 2.05) is 12.1 Å². The topological polar surface area (TPSA) is 111 Å². The summed E-state index contributed by atoms with van der Waals surface area (Å²) in [5.41, 5.74) is 8.89. The second-order valence-corrected chi connectivity index (χ2v) is 11.8. The molecule has 1 fully saturated rings. The number of anilines is 1. The molecule has 45 heavy (non-hydrogen) atoms. The molecule has 10 heteroatoms. The van der Waals surface area contributed by atoms with Crippen molar-refractivity contribution in [2.75, 3.05) is 25.0 Å². The number of imidazole rings is 1. The van der Waals surface area contributed by atoms with Crippen LogP contribution in [0.2, 0.25) is 0 Å². The van der Waals surface area contributed by atoms with Crippen LogP contribution in [0.15, 0.2) is 73.6 Å². The third kappa shape index (κ3) is 6.19. The van der Waals surface area contributed by atoms with Crippen LogP contribution in [0.5, 0.6) is 0 Å². The maximum absolute atomic E-state index is 14.9. The lowest BCUT2D eigenvalue weighted by Gasteiger charge is -2.14. The second-order valence-electron chi connectivity index (χ2n) is 11.8. The Bertz CT molecular complexity index is 1990. The van der Waals surface area contributed by atoms with E-state index in [0.29, 0.717) is 17.0 Å². The molecule has 0 saturated carbocycles. The van der Waals surface area contributed by atoms with Gasteiger partial charge in [-0.3, -0.25) is 20.1 Å². The standard InChI is InChI=1S/C35H36FN9/c1-3-7-22(2)40-27-15-25(17-37-18-27)30-16-28-31(21-39-30)43-44-34(28)35-41-32-20-38-19-29(33(32)42-35)24-12-23(13-26(36)14-24)8-6-11-45-9-4-5-10-45/h12-21,40H,2-11H2,1H3,(H,41,42)(H,43,44). The number of allylic oxidation sites excluding steroid dienone is 1. The molecule has 7 rings (SSSR count). The smallest absolute Gasteiger partial charge is 0.159 e. The average Bonchev–Trinajstić information content (AvgIpc) is 3.80. The van der Waals surface area contributed by atoms with Crippen molar-refractivity contribution >= 4 is 27.6 Å². The summed E-state index contributed by atoms with van der Waals surface area (Å²) in [6.45, 7) is 9.61. The van der Waals surface area contributed by atoms with Crippen molar-refractivity contribution in [2.45, 2.75) is 45.4 Å². The zero-order valence-corrected chi connectivity index (χ0v) is 25.4. The highest BCUT2D eigenvalue weighted by molar-refractivity contribution is 5.97. The lowest BCUT2D eigenvalue weighted by atomic mass is 10.0. The molecular formula is C35H36FN9. The second kappa shape index (κ2) is 12.6. The summed E-state index contributed by atoms with van der Waals surface area (Å²) in [4.78, 5) is 24.4. The van der Waals surface area contributed by atoms with E-state index in [-0.39, 0.29) is 5.82 Å². The van der Waals surface area contributed by atoms with Crippen molar-refractivity contribution in [3.05, 3.63) is 85.0 Å². The van der Waals surface area contributed by atoms with Gasteiger partial charge >= 0.3 is 0 Å². The maximum atomic E-state index is 14.9. The molecule has 0 aliphatic carbocycles. The Morgan fingerprint density at radius 1 is 0.978 bits per heavy atom. The molecule has 0 atom stereocenters. The number of aromatic nitrogens is 7. The molecule has 0 unspecified atom stereocenters. The summed E-state index contributed by atoms with van der Waals surface area (Å²) in [5, 5.41) is 11.9. The van der Waals surface area contributed by atoms with Crippen LogP contribution in [0.3, 0.4) is 0 Å². The molecule has 3 N–H and O–H groups in total. The fraction of sp³-hybridized carbons (Fsp3) is 0.286. The summed E-state index contributed by atoms with van der Waals surface area (Å²) < 4.78 is 14.9. The fourth-order valence-corrected chi connectivity index (χ4v) is 6.19. The number of hydrogen-bond acceptors (Lipinski definition) is 7. The molecule has 6 heterocycles. The number of likely N-dealkylation sites (tertiary alicyclic amines) is 1. The predicted octanol–water partition coefficient (Wildman–Crippen LogP) is 7.52. The SMILES string of the molecule is C=C(CCC)Nc1cncc(-c2cc3c(-c4nc5c(-c6cc(F)cc(CCCN7CCCC7)c6)cncc5[nH]4)n[nH]c3cn2)c1. The first-order valence-corrected chi connectivity index (χ1v) is 15.6. The van der Waals surface area contributed by atoms with E-state index in [1.54, 1.807) is 43.1 Å². The van der Waals surface area contributed by atoms with Crippen molar-refractivity contribution in [2.24, 2.45) is 0 Å². The first-order chi connectivity index (χ1) is 22.0. The highest BCUT2D eigenvalue weighted by atomic mass is 19.1. The zero-order valence-electron chi connectivity index (χ0n) is 25.4. The fourth-order valence-electron chi connectivity index (χ4n) is 6.19. The third-order valence-electron chi connectivity index (χ3n) is 8.38. The number of aromatic amines is 2. The zero-order chi connectivity index (χ0) is 30.8. The van der Waals surface area contributed by atoms with Gasteiger partial charge in [0.25, 0.3) is 0 Å². The molecule has 1 saturated heterocycles. The van der Waals surface area contributed by atoms with Gasteiger partial charge in [0.05, 0.1) is 46.5 Å². The molecule has 0 spiro atoms. The lowest BCUT2D eigenvalue weighted by molar-refractivity contribution is 0.334. The average molecular weight is 602 g/mol. The minimum absolute atomic E-state index is 0.252. The van der Waals surface area contributed by atoms with E-state index in [0.717, 1.165) is 88.0 Å². The van der Waals surface area contributed by atoms with Crippen molar-refractivity contribution in [1.29, 1.82) is 0 Å². The Morgan fingerprint density at radius 3 is 2.71 bits per heavy atom. The highest BCUT2D eigenvalue weighted by Gasteiger charge is 2.18. The van der Waals surface area contributed by atoms with Crippen LogP contribution in [-0.4, -0.2) is 59.7 Å². The quantitative estimate of drug-likeness (QED) is 0.141. The van der Waals surface area contributed by atoms with Gasteiger partial charge < -0.3 is 15.2 Å². The molecular weight excluding hydrogens is 565 g/mol. The van der Waals surface area contributed by atoms with Crippen LogP contribution in [0.25, 0.3) is 55.8 Å². The Balaban J connectivity index is 1.19. The van der Waals surface area contributed by atoms with Gasteiger partial charge in [-0.15, -0.1) is 0 Å². The number of halogens is 1. The van der Waals surface area contributed by atoms with Crippen LogP contribution in [0.1, 0.15) is 44.6 Å². The molecule has 0 bridgehead atoms. The summed E-state index contributed by atoms with van der Waals surface area (Å²) in [6, 6.07) is 9.27. The van der Waals surface area contributed by atoms with Gasteiger partial charge in [0.2, 0.25) is 0 Å². The number of hydrogen-bond donors (Lipinski definition) is 3. The Hall–Kier alpha value is -4.96. The van der Waals surface area contributed by atoms with Gasteiger partial charge in [-0.25, -0.2) is 9.37 Å². The minimum atomic E-state index is -0.252. The molecule has 0 amide bonds. The van der Waals surface area contributed by atoms with Crippen molar-refractivity contribution in [3.63, 3.8) is 0 Å². The monoisotopic (exact) mass is 601 g/mol. The number of aryl methyl sites for hydroxylation is 1. The molecule has 1 aromatic carbocycles. The number of nitrogens with one attached hydrogen (secondary N) is 3. The number of benzene rings is 1. The Morgan fingerprint density at radius 2 is 1.84 bits per heavy atom. The summed E-state index contributed by atoms with van der Waals surface area (Å²) in [5.74, 6) is 0.340. The lowest BCUT2D eigenvalue weighted by Crippen LogP contribution is -2.20. The molecule has 6 aromatic rings. The molecule has 9 nitrogen and oxygen atoms in total. The van der Waals surface area contributed by atoms with E-state index < -0.39 is 0 Å². The van der Waals surface area contributed by atoms with Gasteiger partial charge in [-0.2, -0.15) is 5.10 Å². The van der Waals surface area contributed by atoms with E-state index in [9.17, 15) is 4.39 Å². The van der Waals surface area contributed by atoms with E-state index >= 15 is 0 Å². The Labute approximate surface area is 261 Å². The molecule has 0 radical (unpaired) electrons. The largest absolute Gasteiger partial charge is 0.358 e. The van der Waals surface area contributed by atoms with Gasteiger partial charge in [0, 0.05) is 34.6 Å². The first kappa shape index (κ1) is 28.8. The number of pyridine rings is 3. The van der Waals surface area contributed by atoms with Gasteiger partial charge in [-0.05, 0) is 87.1 Å². The molecule has 1 aliphatic rings. The molecule has 1 aliphatic heterocycles. The van der Waals surface area contributed by atoms with Crippen molar-refractivity contribution in [1.82, 2.24) is 40.0 Å². The summed E-state index contributed by atoms with van der Waals surface area (Å²) in [6.07, 6.45) is 15.1. The van der Waals surface area contributed by atoms with Crippen LogP contribution in [0.4, 0.5) is 10.1 Å². The molecule has 228 valence electrons. The number of rotatable bonds is 11. The maximum Gasteiger partial charge on any atom is 0.159 e. The third-order valence-corrected chi connectivity index (χ3v) is 8.38. The number of H-pyrrole nitrogens is 2. The van der Waals surface area contributed by atoms with Gasteiger partial charge in [0.15, 0.2) is 5.82 Å².